The molecule has 5 rings (SSSR count). The van der Waals surface area contributed by atoms with Crippen molar-refractivity contribution in [2.45, 2.75) is 24.5 Å². The molecule has 1 fully saturated rings. The van der Waals surface area contributed by atoms with Crippen LogP contribution in [-0.4, -0.2) is 55.4 Å². The molecule has 9 nitrogen and oxygen atoms in total. The molecule has 2 N–H and O–H groups in total. The van der Waals surface area contributed by atoms with Gasteiger partial charge in [-0.05, 0) is 43.3 Å². The number of nitrogens with zero attached hydrogens (tertiary/aromatic N) is 4. The Morgan fingerprint density at radius 1 is 1.07 bits per heavy atom. The molecule has 0 spiro atoms. The van der Waals surface area contributed by atoms with Crippen molar-refractivity contribution in [1.82, 2.24) is 19.9 Å². The van der Waals surface area contributed by atoms with Gasteiger partial charge >= 0.3 is 6.18 Å². The van der Waals surface area contributed by atoms with Gasteiger partial charge in [0.05, 0.1) is 10.5 Å². The van der Waals surface area contributed by atoms with E-state index >= 15 is 0 Å². The number of sulfone groups is 1. The number of fused-ring (bicyclic) bond motifs is 1. The maximum atomic E-state index is 14.0. The summed E-state index contributed by atoms with van der Waals surface area (Å²) in [6.07, 6.45) is -2.05. The van der Waals surface area contributed by atoms with Crippen LogP contribution < -0.4 is 21.1 Å². The molecule has 41 heavy (non-hydrogen) atoms. The summed E-state index contributed by atoms with van der Waals surface area (Å²) in [4.78, 5) is 23.9. The smallest absolute Gasteiger partial charge is 0.368 e. The number of rotatable bonds is 6. The van der Waals surface area contributed by atoms with E-state index in [4.69, 9.17) is 11.6 Å². The summed E-state index contributed by atoms with van der Waals surface area (Å²) in [5, 5.41) is 6.55. The molecule has 14 heteroatoms. The van der Waals surface area contributed by atoms with Gasteiger partial charge in [0.2, 0.25) is 5.95 Å². The monoisotopic (exact) mass is 606 g/mol. The van der Waals surface area contributed by atoms with E-state index in [2.05, 4.69) is 20.6 Å². The second kappa shape index (κ2) is 11.0. The van der Waals surface area contributed by atoms with Crippen LogP contribution in [0.1, 0.15) is 12.5 Å². The Balaban J connectivity index is 1.52. The summed E-state index contributed by atoms with van der Waals surface area (Å²) in [7, 11) is -3.49. The predicted molar refractivity (Wildman–Crippen MR) is 153 cm³/mol. The van der Waals surface area contributed by atoms with Gasteiger partial charge in [0.1, 0.15) is 5.65 Å². The van der Waals surface area contributed by atoms with Crippen LogP contribution in [0.25, 0.3) is 22.2 Å². The third-order valence-electron chi connectivity index (χ3n) is 6.82. The Kier molecular flexibility index (Phi) is 7.70. The summed E-state index contributed by atoms with van der Waals surface area (Å²) in [5.41, 5.74) is -0.0740. The molecule has 0 bridgehead atoms. The van der Waals surface area contributed by atoms with Gasteiger partial charge in [-0.25, -0.2) is 13.4 Å². The van der Waals surface area contributed by atoms with Crippen LogP contribution >= 0.6 is 11.6 Å². The van der Waals surface area contributed by atoms with E-state index in [1.807, 2.05) is 0 Å². The molecule has 2 aromatic heterocycles. The summed E-state index contributed by atoms with van der Waals surface area (Å²) in [5.74, 6) is 0.0189. The first-order valence-corrected chi connectivity index (χ1v) is 15.0. The summed E-state index contributed by atoms with van der Waals surface area (Å²) < 4.78 is 67.1. The Labute approximate surface area is 238 Å². The number of aromatic nitrogens is 3. The van der Waals surface area contributed by atoms with E-state index in [0.29, 0.717) is 37.1 Å². The average Bonchev–Trinajstić information content (AvgIpc) is 2.92. The molecule has 216 valence electrons. The first-order chi connectivity index (χ1) is 19.4. The second-order valence-corrected chi connectivity index (χ2v) is 12.0. The number of halogens is 4. The Morgan fingerprint density at radius 3 is 2.44 bits per heavy atom. The third-order valence-corrected chi connectivity index (χ3v) is 8.24. The number of alkyl halides is 3. The van der Waals surface area contributed by atoms with E-state index < -0.39 is 27.1 Å². The summed E-state index contributed by atoms with van der Waals surface area (Å²) in [6.45, 7) is 4.11. The highest BCUT2D eigenvalue weighted by Crippen LogP contribution is 2.39. The van der Waals surface area contributed by atoms with E-state index in [0.717, 1.165) is 12.3 Å². The van der Waals surface area contributed by atoms with Crippen molar-refractivity contribution in [2.24, 2.45) is 0 Å². The van der Waals surface area contributed by atoms with Crippen LogP contribution in [0.2, 0.25) is 5.02 Å². The molecule has 0 aliphatic carbocycles. The molecule has 1 aliphatic rings. The van der Waals surface area contributed by atoms with Crippen molar-refractivity contribution >= 4 is 49.8 Å². The Bertz CT molecular complexity index is 1810. The van der Waals surface area contributed by atoms with Crippen molar-refractivity contribution in [3.05, 3.63) is 69.6 Å². The fourth-order valence-electron chi connectivity index (χ4n) is 4.80. The molecule has 0 unspecified atom stereocenters. The van der Waals surface area contributed by atoms with Gasteiger partial charge < -0.3 is 15.5 Å². The van der Waals surface area contributed by atoms with Crippen LogP contribution in [0.15, 0.2) is 58.4 Å². The van der Waals surface area contributed by atoms with Gasteiger partial charge in [-0.2, -0.15) is 18.2 Å². The maximum absolute atomic E-state index is 14.0. The molecule has 0 radical (unpaired) electrons. The minimum Gasteiger partial charge on any atom is -0.368 e. The molecular formula is C27H26ClF3N6O3S. The number of hydrogen-bond acceptors (Lipinski definition) is 8. The van der Waals surface area contributed by atoms with Crippen LogP contribution in [0, 0.1) is 0 Å². The molecule has 1 aliphatic heterocycles. The van der Waals surface area contributed by atoms with Gasteiger partial charge in [-0.15, -0.1) is 0 Å². The van der Waals surface area contributed by atoms with Crippen LogP contribution in [-0.2, 0) is 22.6 Å². The Morgan fingerprint density at radius 2 is 1.80 bits per heavy atom. The predicted octanol–water partition coefficient (Wildman–Crippen LogP) is 4.71. The lowest BCUT2D eigenvalue weighted by Crippen LogP contribution is -2.44. The second-order valence-electron chi connectivity index (χ2n) is 9.59. The van der Waals surface area contributed by atoms with Gasteiger partial charge in [-0.3, -0.25) is 9.36 Å². The van der Waals surface area contributed by atoms with Crippen molar-refractivity contribution in [3.63, 3.8) is 0 Å². The third kappa shape index (κ3) is 5.88. The molecule has 0 atom stereocenters. The number of piperazine rings is 1. The molecule has 4 aromatic rings. The SMILES string of the molecule is CCn1c(=O)c(-c2ccc(S(C)(=O)=O)cc2Cl)cc2cnc(Nc3ccc(N4CCNCC4)c(C(F)(F)F)c3)nc21. The lowest BCUT2D eigenvalue weighted by atomic mass is 10.1. The highest BCUT2D eigenvalue weighted by molar-refractivity contribution is 7.90. The highest BCUT2D eigenvalue weighted by atomic mass is 35.5. The largest absolute Gasteiger partial charge is 0.418 e. The van der Waals surface area contributed by atoms with E-state index in [1.165, 1.54) is 35.0 Å². The van der Waals surface area contributed by atoms with Crippen molar-refractivity contribution in [3.8, 4) is 11.1 Å². The first kappa shape index (κ1) is 28.8. The topological polar surface area (TPSA) is 109 Å². The average molecular weight is 607 g/mol. The van der Waals surface area contributed by atoms with Crippen LogP contribution in [0.5, 0.6) is 0 Å². The number of hydrogen-bond donors (Lipinski definition) is 2. The van der Waals surface area contributed by atoms with Crippen molar-refractivity contribution in [1.29, 1.82) is 0 Å². The standard InChI is InChI=1S/C27H26ClF3N6O3S/c1-3-37-24-16(12-20(25(37)38)19-6-5-18(14-22(19)28)41(2,39)40)15-33-26(35-24)34-17-4-7-23(21(13-17)27(29,30)31)36-10-8-32-9-11-36/h4-7,12-15,32H,3,8-11H2,1-2H3,(H,33,34,35). The van der Waals surface area contributed by atoms with E-state index in [1.54, 1.807) is 24.0 Å². The molecule has 1 saturated heterocycles. The van der Waals surface area contributed by atoms with Gasteiger partial charge in [0.15, 0.2) is 9.84 Å². The van der Waals surface area contributed by atoms with Crippen LogP contribution in [0.3, 0.4) is 0 Å². The van der Waals surface area contributed by atoms with E-state index in [9.17, 15) is 26.4 Å². The quantitative estimate of drug-likeness (QED) is 0.325. The molecular weight excluding hydrogens is 581 g/mol. The zero-order valence-electron chi connectivity index (χ0n) is 22.1. The lowest BCUT2D eigenvalue weighted by Gasteiger charge is -2.31. The highest BCUT2D eigenvalue weighted by Gasteiger charge is 2.35. The number of nitrogens with one attached hydrogen (secondary N) is 2. The normalized spacial score (nSPS) is 14.4. The fourth-order valence-corrected chi connectivity index (χ4v) is 5.80. The fraction of sp³-hybridized carbons (Fsp3) is 0.296. The van der Waals surface area contributed by atoms with Gasteiger partial charge in [0.25, 0.3) is 5.56 Å². The Hall–Kier alpha value is -3.68. The summed E-state index contributed by atoms with van der Waals surface area (Å²) >= 11 is 6.37. The number of benzene rings is 2. The van der Waals surface area contributed by atoms with Gasteiger partial charge in [-0.1, -0.05) is 17.7 Å². The minimum absolute atomic E-state index is 0.0189. The van der Waals surface area contributed by atoms with Gasteiger partial charge in [0, 0.05) is 78.1 Å². The zero-order valence-corrected chi connectivity index (χ0v) is 23.7. The van der Waals surface area contributed by atoms with Crippen molar-refractivity contribution < 1.29 is 21.6 Å². The molecule has 2 aromatic carbocycles. The van der Waals surface area contributed by atoms with Crippen molar-refractivity contribution in [2.75, 3.05) is 42.7 Å². The van der Waals surface area contributed by atoms with Crippen LogP contribution in [0.4, 0.5) is 30.5 Å². The first-order valence-electron chi connectivity index (χ1n) is 12.7. The number of aryl methyl sites for hydroxylation is 1. The summed E-state index contributed by atoms with van der Waals surface area (Å²) in [6, 6.07) is 9.70. The zero-order chi connectivity index (χ0) is 29.5. The maximum Gasteiger partial charge on any atom is 0.418 e. The molecule has 0 amide bonds. The molecule has 0 saturated carbocycles. The minimum atomic E-state index is -4.57. The number of anilines is 3. The molecule has 3 heterocycles. The lowest BCUT2D eigenvalue weighted by molar-refractivity contribution is -0.137. The number of pyridine rings is 1. The van der Waals surface area contributed by atoms with E-state index in [-0.39, 0.29) is 45.0 Å².